The summed E-state index contributed by atoms with van der Waals surface area (Å²) in [5.74, 6) is 0.766. The van der Waals surface area contributed by atoms with Gasteiger partial charge in [0.2, 0.25) is 0 Å². The van der Waals surface area contributed by atoms with Crippen LogP contribution >= 0.6 is 27.3 Å². The molecule has 1 atom stereocenters. The maximum atomic E-state index is 12.5. The van der Waals surface area contributed by atoms with Crippen LogP contribution in [0.2, 0.25) is 0 Å². The zero-order valence-electron chi connectivity index (χ0n) is 11.7. The van der Waals surface area contributed by atoms with Crippen LogP contribution in [-0.2, 0) is 17.8 Å². The Morgan fingerprint density at radius 2 is 2.10 bits per heavy atom. The Labute approximate surface area is 136 Å². The molecule has 2 heterocycles. The number of hydrogen-bond donors (Lipinski definition) is 0. The number of halogens is 1. The molecule has 1 aliphatic rings. The van der Waals surface area contributed by atoms with Gasteiger partial charge in [-0.1, -0.05) is 15.9 Å². The van der Waals surface area contributed by atoms with Gasteiger partial charge in [0.25, 0.3) is 5.91 Å². The summed E-state index contributed by atoms with van der Waals surface area (Å²) < 4.78 is 6.74. The van der Waals surface area contributed by atoms with Crippen LogP contribution in [0.4, 0.5) is 0 Å². The molecule has 3 nitrogen and oxygen atoms in total. The minimum absolute atomic E-state index is 0.0507. The Morgan fingerprint density at radius 3 is 2.86 bits per heavy atom. The molecule has 0 spiro atoms. The molecule has 3 rings (SSSR count). The van der Waals surface area contributed by atoms with Crippen LogP contribution in [0, 0.1) is 0 Å². The predicted octanol–water partition coefficient (Wildman–Crippen LogP) is 3.86. The van der Waals surface area contributed by atoms with Crippen LogP contribution in [-0.4, -0.2) is 23.5 Å². The van der Waals surface area contributed by atoms with Gasteiger partial charge in [0.15, 0.2) is 6.10 Å². The first-order valence-corrected chi connectivity index (χ1v) is 8.57. The normalized spacial score (nSPS) is 15.4. The first-order chi connectivity index (χ1) is 10.1. The van der Waals surface area contributed by atoms with Crippen molar-refractivity contribution in [3.05, 3.63) is 50.6 Å². The van der Waals surface area contributed by atoms with Crippen molar-refractivity contribution in [2.24, 2.45) is 0 Å². The molecular weight excluding hydrogens is 350 g/mol. The number of fused-ring (bicyclic) bond motifs is 1. The molecule has 0 radical (unpaired) electrons. The zero-order valence-corrected chi connectivity index (χ0v) is 14.1. The van der Waals surface area contributed by atoms with E-state index in [4.69, 9.17) is 4.74 Å². The van der Waals surface area contributed by atoms with Crippen molar-refractivity contribution >= 4 is 33.2 Å². The lowest BCUT2D eigenvalue weighted by molar-refractivity contribution is -0.138. The summed E-state index contributed by atoms with van der Waals surface area (Å²) in [7, 11) is 0. The van der Waals surface area contributed by atoms with E-state index < -0.39 is 6.10 Å². The van der Waals surface area contributed by atoms with Crippen LogP contribution in [0.1, 0.15) is 17.4 Å². The Kier molecular flexibility index (Phi) is 4.31. The average molecular weight is 366 g/mol. The van der Waals surface area contributed by atoms with Crippen molar-refractivity contribution < 1.29 is 9.53 Å². The van der Waals surface area contributed by atoms with Crippen LogP contribution in [0.15, 0.2) is 40.2 Å². The molecular formula is C16H16BrNO2S. The van der Waals surface area contributed by atoms with E-state index in [1.807, 2.05) is 36.1 Å². The lowest BCUT2D eigenvalue weighted by Crippen LogP contribution is -2.42. The standard InChI is InChI=1S/C16H16BrNO2S/c1-11(20-14-4-2-13(17)3-5-14)16(19)18-8-6-15-12(10-18)7-9-21-15/h2-5,7,9,11H,6,8,10H2,1H3/t11-/m0/s1. The van der Waals surface area contributed by atoms with Gasteiger partial charge in [-0.05, 0) is 54.6 Å². The number of benzene rings is 1. The van der Waals surface area contributed by atoms with E-state index in [1.54, 1.807) is 11.3 Å². The molecule has 0 saturated carbocycles. The fourth-order valence-electron chi connectivity index (χ4n) is 2.46. The van der Waals surface area contributed by atoms with E-state index in [0.29, 0.717) is 12.3 Å². The van der Waals surface area contributed by atoms with Crippen molar-refractivity contribution in [3.63, 3.8) is 0 Å². The molecule has 5 heteroatoms. The molecule has 0 fully saturated rings. The number of carbonyl (C=O) groups is 1. The fourth-order valence-corrected chi connectivity index (χ4v) is 3.62. The molecule has 1 aromatic carbocycles. The van der Waals surface area contributed by atoms with Crippen molar-refractivity contribution in [1.29, 1.82) is 0 Å². The molecule has 1 aliphatic heterocycles. The molecule has 0 aliphatic carbocycles. The van der Waals surface area contributed by atoms with Crippen molar-refractivity contribution in [3.8, 4) is 5.75 Å². The zero-order chi connectivity index (χ0) is 14.8. The highest BCUT2D eigenvalue weighted by molar-refractivity contribution is 9.10. The van der Waals surface area contributed by atoms with Gasteiger partial charge >= 0.3 is 0 Å². The van der Waals surface area contributed by atoms with Gasteiger partial charge in [0.05, 0.1) is 0 Å². The lowest BCUT2D eigenvalue weighted by atomic mass is 10.1. The number of rotatable bonds is 3. The number of hydrogen-bond acceptors (Lipinski definition) is 3. The van der Waals surface area contributed by atoms with E-state index in [1.165, 1.54) is 10.4 Å². The largest absolute Gasteiger partial charge is 0.481 e. The Hall–Kier alpha value is -1.33. The van der Waals surface area contributed by atoms with Crippen LogP contribution in [0.25, 0.3) is 0 Å². The summed E-state index contributed by atoms with van der Waals surface area (Å²) in [5, 5.41) is 2.10. The molecule has 110 valence electrons. The average Bonchev–Trinajstić information content (AvgIpc) is 2.96. The molecule has 21 heavy (non-hydrogen) atoms. The second-order valence-electron chi connectivity index (χ2n) is 5.09. The maximum Gasteiger partial charge on any atom is 0.263 e. The number of nitrogens with zero attached hydrogens (tertiary/aromatic N) is 1. The Balaban J connectivity index is 1.64. The third-order valence-corrected chi connectivity index (χ3v) is 5.15. The molecule has 0 N–H and O–H groups in total. The minimum atomic E-state index is -0.466. The number of ether oxygens (including phenoxy) is 1. The third kappa shape index (κ3) is 3.30. The number of amides is 1. The molecule has 1 amide bonds. The highest BCUT2D eigenvalue weighted by Gasteiger charge is 2.26. The SMILES string of the molecule is C[C@H](Oc1ccc(Br)cc1)C(=O)N1CCc2sccc2C1. The van der Waals surface area contributed by atoms with Gasteiger partial charge in [-0.3, -0.25) is 4.79 Å². The summed E-state index contributed by atoms with van der Waals surface area (Å²) in [5.41, 5.74) is 1.27. The van der Waals surface area contributed by atoms with Crippen LogP contribution in [0.3, 0.4) is 0 Å². The molecule has 0 saturated heterocycles. The number of thiophene rings is 1. The highest BCUT2D eigenvalue weighted by Crippen LogP contribution is 2.25. The summed E-state index contributed by atoms with van der Waals surface area (Å²) in [6.07, 6.45) is 0.482. The monoisotopic (exact) mass is 365 g/mol. The highest BCUT2D eigenvalue weighted by atomic mass is 79.9. The van der Waals surface area contributed by atoms with Crippen LogP contribution < -0.4 is 4.74 Å². The first-order valence-electron chi connectivity index (χ1n) is 6.90. The lowest BCUT2D eigenvalue weighted by Gasteiger charge is -2.29. The second kappa shape index (κ2) is 6.20. The van der Waals surface area contributed by atoms with Crippen molar-refractivity contribution in [2.45, 2.75) is 26.0 Å². The van der Waals surface area contributed by atoms with Crippen LogP contribution in [0.5, 0.6) is 5.75 Å². The topological polar surface area (TPSA) is 29.5 Å². The summed E-state index contributed by atoms with van der Waals surface area (Å²) >= 11 is 5.16. The fraction of sp³-hybridized carbons (Fsp3) is 0.312. The third-order valence-electron chi connectivity index (χ3n) is 3.59. The first kappa shape index (κ1) is 14.6. The van der Waals surface area contributed by atoms with Crippen molar-refractivity contribution in [1.82, 2.24) is 4.90 Å². The van der Waals surface area contributed by atoms with Gasteiger partial charge in [0, 0.05) is 22.4 Å². The minimum Gasteiger partial charge on any atom is -0.481 e. The van der Waals surface area contributed by atoms with E-state index in [9.17, 15) is 4.79 Å². The predicted molar refractivity (Wildman–Crippen MR) is 87.7 cm³/mol. The van der Waals surface area contributed by atoms with E-state index in [-0.39, 0.29) is 5.91 Å². The molecule has 0 bridgehead atoms. The Morgan fingerprint density at radius 1 is 1.33 bits per heavy atom. The van der Waals surface area contributed by atoms with E-state index >= 15 is 0 Å². The molecule has 2 aromatic rings. The Bertz CT molecular complexity index is 638. The maximum absolute atomic E-state index is 12.5. The quantitative estimate of drug-likeness (QED) is 0.826. The summed E-state index contributed by atoms with van der Waals surface area (Å²) in [6.45, 7) is 3.29. The van der Waals surface area contributed by atoms with E-state index in [2.05, 4.69) is 27.4 Å². The van der Waals surface area contributed by atoms with Gasteiger partial charge in [-0.25, -0.2) is 0 Å². The molecule has 0 unspecified atom stereocenters. The number of carbonyl (C=O) groups excluding carboxylic acids is 1. The second-order valence-corrected chi connectivity index (χ2v) is 7.01. The van der Waals surface area contributed by atoms with Gasteiger partial charge < -0.3 is 9.64 Å². The van der Waals surface area contributed by atoms with E-state index in [0.717, 1.165) is 17.4 Å². The van der Waals surface area contributed by atoms with Gasteiger partial charge in [0.1, 0.15) is 5.75 Å². The van der Waals surface area contributed by atoms with Gasteiger partial charge in [-0.15, -0.1) is 11.3 Å². The summed E-state index contributed by atoms with van der Waals surface area (Å²) in [6, 6.07) is 9.65. The van der Waals surface area contributed by atoms with Crippen molar-refractivity contribution in [2.75, 3.05) is 6.54 Å². The summed E-state index contributed by atoms with van der Waals surface area (Å²) in [4.78, 5) is 15.8. The molecule has 1 aromatic heterocycles. The van der Waals surface area contributed by atoms with Gasteiger partial charge in [-0.2, -0.15) is 0 Å². The smallest absolute Gasteiger partial charge is 0.263 e.